The quantitative estimate of drug-likeness (QED) is 0.283. The van der Waals surface area contributed by atoms with E-state index in [0.29, 0.717) is 10.7 Å². The molecular formula is C12H17N3O2S. The van der Waals surface area contributed by atoms with Crippen LogP contribution in [0.4, 0.5) is 0 Å². The van der Waals surface area contributed by atoms with Crippen LogP contribution in [0.3, 0.4) is 0 Å². The van der Waals surface area contributed by atoms with Crippen molar-refractivity contribution in [3.8, 4) is 11.5 Å². The van der Waals surface area contributed by atoms with E-state index in [1.54, 1.807) is 6.07 Å². The predicted octanol–water partition coefficient (Wildman–Crippen LogP) is 1.70. The number of rotatable bonds is 5. The first-order valence-corrected chi connectivity index (χ1v) is 6.13. The Labute approximate surface area is 112 Å². The van der Waals surface area contributed by atoms with Gasteiger partial charge in [-0.2, -0.15) is 5.10 Å². The average molecular weight is 267 g/mol. The van der Waals surface area contributed by atoms with Gasteiger partial charge in [-0.15, -0.1) is 0 Å². The third-order valence-corrected chi connectivity index (χ3v) is 2.44. The number of unbranched alkanes of at least 4 members (excludes halogenated alkanes) is 1. The second-order valence-corrected chi connectivity index (χ2v) is 4.13. The summed E-state index contributed by atoms with van der Waals surface area (Å²) in [6.45, 7) is 2.91. The van der Waals surface area contributed by atoms with E-state index in [4.69, 9.17) is 17.3 Å². The first-order chi connectivity index (χ1) is 8.63. The van der Waals surface area contributed by atoms with Gasteiger partial charge in [-0.25, -0.2) is 0 Å². The Balaban J connectivity index is 2.42. The van der Waals surface area contributed by atoms with Crippen LogP contribution in [0.5, 0.6) is 11.5 Å². The highest BCUT2D eigenvalue weighted by molar-refractivity contribution is 7.80. The van der Waals surface area contributed by atoms with Gasteiger partial charge in [0, 0.05) is 18.2 Å². The molecule has 4 N–H and O–H groups in total. The molecule has 0 aliphatic carbocycles. The minimum atomic E-state index is -0.0367. The van der Waals surface area contributed by atoms with E-state index in [2.05, 4.69) is 22.8 Å². The van der Waals surface area contributed by atoms with Crippen molar-refractivity contribution in [2.24, 2.45) is 5.10 Å². The normalized spacial score (nSPS) is 10.5. The van der Waals surface area contributed by atoms with Crippen molar-refractivity contribution in [2.45, 2.75) is 19.8 Å². The molecule has 1 aromatic carbocycles. The number of hydrogen-bond donors (Lipinski definition) is 4. The number of thiocarbonyl (C=S) groups is 1. The Bertz CT molecular complexity index is 435. The van der Waals surface area contributed by atoms with E-state index in [9.17, 15) is 5.11 Å². The third kappa shape index (κ3) is 5.01. The summed E-state index contributed by atoms with van der Waals surface area (Å²) in [6.07, 6.45) is 3.58. The molecule has 0 amide bonds. The highest BCUT2D eigenvalue weighted by atomic mass is 32.1. The van der Waals surface area contributed by atoms with Gasteiger partial charge in [-0.1, -0.05) is 13.3 Å². The molecule has 0 unspecified atom stereocenters. The van der Waals surface area contributed by atoms with Crippen LogP contribution in [-0.2, 0) is 0 Å². The molecule has 0 saturated heterocycles. The first-order valence-electron chi connectivity index (χ1n) is 5.72. The maximum absolute atomic E-state index is 9.50. The van der Waals surface area contributed by atoms with Gasteiger partial charge in [0.2, 0.25) is 0 Å². The number of hydrazone groups is 1. The van der Waals surface area contributed by atoms with Crippen molar-refractivity contribution >= 4 is 23.5 Å². The average Bonchev–Trinajstić information content (AvgIpc) is 2.32. The summed E-state index contributed by atoms with van der Waals surface area (Å²) in [6, 6.07) is 4.28. The van der Waals surface area contributed by atoms with Gasteiger partial charge in [0.25, 0.3) is 0 Å². The fraction of sp³-hybridized carbons (Fsp3) is 0.333. The summed E-state index contributed by atoms with van der Waals surface area (Å²) >= 11 is 5.00. The van der Waals surface area contributed by atoms with Crippen molar-refractivity contribution in [3.05, 3.63) is 23.8 Å². The highest BCUT2D eigenvalue weighted by Crippen LogP contribution is 2.20. The van der Waals surface area contributed by atoms with E-state index >= 15 is 0 Å². The molecule has 1 rings (SSSR count). The SMILES string of the molecule is CCCCNC(=S)N/N=C/c1ccc(O)cc1O. The van der Waals surface area contributed by atoms with Gasteiger partial charge in [0.15, 0.2) is 5.11 Å². The molecule has 0 aromatic heterocycles. The maximum atomic E-state index is 9.50. The number of aromatic hydroxyl groups is 2. The van der Waals surface area contributed by atoms with E-state index in [-0.39, 0.29) is 11.5 Å². The Morgan fingerprint density at radius 2 is 2.22 bits per heavy atom. The molecule has 0 aliphatic heterocycles. The molecule has 0 saturated carbocycles. The first kappa shape index (κ1) is 14.2. The number of nitrogens with one attached hydrogen (secondary N) is 2. The molecule has 18 heavy (non-hydrogen) atoms. The molecule has 5 nitrogen and oxygen atoms in total. The molecular weight excluding hydrogens is 250 g/mol. The Hall–Kier alpha value is -1.82. The molecule has 0 atom stereocenters. The minimum absolute atomic E-state index is 0.00867. The summed E-state index contributed by atoms with van der Waals surface area (Å²) in [4.78, 5) is 0. The third-order valence-electron chi connectivity index (χ3n) is 2.20. The van der Waals surface area contributed by atoms with Crippen molar-refractivity contribution in [2.75, 3.05) is 6.54 Å². The highest BCUT2D eigenvalue weighted by Gasteiger charge is 1.99. The van der Waals surface area contributed by atoms with Gasteiger partial charge in [-0.3, -0.25) is 5.43 Å². The van der Waals surface area contributed by atoms with Crippen LogP contribution in [0.1, 0.15) is 25.3 Å². The standard InChI is InChI=1S/C12H17N3O2S/c1-2-3-6-13-12(18)15-14-8-9-4-5-10(16)7-11(9)17/h4-5,7-8,16-17H,2-3,6H2,1H3,(H2,13,15,18)/b14-8+. The number of phenolic OH excluding ortho intramolecular Hbond substituents is 2. The van der Waals surface area contributed by atoms with Gasteiger partial charge in [0.1, 0.15) is 11.5 Å². The van der Waals surface area contributed by atoms with Crippen molar-refractivity contribution in [3.63, 3.8) is 0 Å². The van der Waals surface area contributed by atoms with E-state index in [0.717, 1.165) is 19.4 Å². The smallest absolute Gasteiger partial charge is 0.186 e. The van der Waals surface area contributed by atoms with Crippen LogP contribution in [0.25, 0.3) is 0 Å². The Morgan fingerprint density at radius 1 is 1.44 bits per heavy atom. The summed E-state index contributed by atoms with van der Waals surface area (Å²) in [7, 11) is 0. The van der Waals surface area contributed by atoms with Crippen LogP contribution >= 0.6 is 12.2 Å². The van der Waals surface area contributed by atoms with Crippen LogP contribution in [-0.4, -0.2) is 28.1 Å². The lowest BCUT2D eigenvalue weighted by molar-refractivity contribution is 0.450. The monoisotopic (exact) mass is 267 g/mol. The van der Waals surface area contributed by atoms with Crippen LogP contribution in [0.15, 0.2) is 23.3 Å². The number of phenols is 2. The van der Waals surface area contributed by atoms with E-state index < -0.39 is 0 Å². The zero-order valence-corrected chi connectivity index (χ0v) is 11.0. The summed E-state index contributed by atoms with van der Waals surface area (Å²) in [5.41, 5.74) is 3.14. The van der Waals surface area contributed by atoms with Gasteiger partial charge < -0.3 is 15.5 Å². The predicted molar refractivity (Wildman–Crippen MR) is 76.0 cm³/mol. The molecule has 98 valence electrons. The largest absolute Gasteiger partial charge is 0.508 e. The van der Waals surface area contributed by atoms with Crippen molar-refractivity contribution < 1.29 is 10.2 Å². The molecule has 0 aliphatic rings. The number of hydrogen-bond acceptors (Lipinski definition) is 4. The van der Waals surface area contributed by atoms with Crippen molar-refractivity contribution in [1.82, 2.24) is 10.7 Å². The van der Waals surface area contributed by atoms with Crippen LogP contribution in [0.2, 0.25) is 0 Å². The van der Waals surface area contributed by atoms with Crippen LogP contribution in [0, 0.1) is 0 Å². The lowest BCUT2D eigenvalue weighted by Gasteiger charge is -2.05. The fourth-order valence-corrected chi connectivity index (χ4v) is 1.37. The topological polar surface area (TPSA) is 76.9 Å². The van der Waals surface area contributed by atoms with Gasteiger partial charge in [0.05, 0.1) is 6.21 Å². The van der Waals surface area contributed by atoms with Crippen molar-refractivity contribution in [1.29, 1.82) is 0 Å². The maximum Gasteiger partial charge on any atom is 0.186 e. The van der Waals surface area contributed by atoms with Gasteiger partial charge >= 0.3 is 0 Å². The fourth-order valence-electron chi connectivity index (χ4n) is 1.22. The summed E-state index contributed by atoms with van der Waals surface area (Å²) < 4.78 is 0. The molecule has 0 bridgehead atoms. The van der Waals surface area contributed by atoms with E-state index in [1.807, 2.05) is 0 Å². The summed E-state index contributed by atoms with van der Waals surface area (Å²) in [5.74, 6) is -0.0280. The molecule has 1 aromatic rings. The molecule has 0 fully saturated rings. The Kier molecular flexibility index (Phi) is 5.93. The zero-order valence-electron chi connectivity index (χ0n) is 10.2. The molecule has 0 heterocycles. The number of benzene rings is 1. The molecule has 6 heteroatoms. The van der Waals surface area contributed by atoms with Gasteiger partial charge in [-0.05, 0) is 30.8 Å². The number of nitrogens with zero attached hydrogens (tertiary/aromatic N) is 1. The lowest BCUT2D eigenvalue weighted by atomic mass is 10.2. The Morgan fingerprint density at radius 3 is 2.89 bits per heavy atom. The second-order valence-electron chi connectivity index (χ2n) is 3.72. The van der Waals surface area contributed by atoms with Crippen LogP contribution < -0.4 is 10.7 Å². The second kappa shape index (κ2) is 7.50. The summed E-state index contributed by atoms with van der Waals surface area (Å²) in [5, 5.41) is 26.0. The molecule has 0 spiro atoms. The lowest BCUT2D eigenvalue weighted by Crippen LogP contribution is -2.32. The molecule has 0 radical (unpaired) electrons. The zero-order chi connectivity index (χ0) is 13.4. The minimum Gasteiger partial charge on any atom is -0.508 e. The van der Waals surface area contributed by atoms with E-state index in [1.165, 1.54) is 18.3 Å².